The Morgan fingerprint density at radius 1 is 1.04 bits per heavy atom. The summed E-state index contributed by atoms with van der Waals surface area (Å²) in [5.74, 6) is -0.794. The SMILES string of the molecule is Cc1cc(C)c(NC(=O)COC(=O)c2cc(C)sc2C)c(C)c1. The van der Waals surface area contributed by atoms with Crippen molar-refractivity contribution in [2.45, 2.75) is 34.6 Å². The lowest BCUT2D eigenvalue weighted by atomic mass is 10.1. The Morgan fingerprint density at radius 2 is 1.65 bits per heavy atom. The maximum absolute atomic E-state index is 12.0. The van der Waals surface area contributed by atoms with E-state index in [9.17, 15) is 9.59 Å². The largest absolute Gasteiger partial charge is 0.452 e. The van der Waals surface area contributed by atoms with Gasteiger partial charge in [-0.05, 0) is 51.8 Å². The van der Waals surface area contributed by atoms with Gasteiger partial charge in [-0.2, -0.15) is 0 Å². The molecular formula is C18H21NO3S. The molecule has 1 aromatic heterocycles. The quantitative estimate of drug-likeness (QED) is 0.859. The minimum absolute atomic E-state index is 0.292. The van der Waals surface area contributed by atoms with Gasteiger partial charge in [0.15, 0.2) is 6.61 Å². The van der Waals surface area contributed by atoms with Gasteiger partial charge in [-0.25, -0.2) is 4.79 Å². The van der Waals surface area contributed by atoms with Gasteiger partial charge in [-0.15, -0.1) is 11.3 Å². The van der Waals surface area contributed by atoms with Crippen LogP contribution in [0.25, 0.3) is 0 Å². The molecule has 0 fully saturated rings. The van der Waals surface area contributed by atoms with Gasteiger partial charge in [0.25, 0.3) is 5.91 Å². The second-order valence-corrected chi connectivity index (χ2v) is 7.19. The van der Waals surface area contributed by atoms with E-state index in [0.29, 0.717) is 5.56 Å². The van der Waals surface area contributed by atoms with Crippen molar-refractivity contribution in [3.05, 3.63) is 50.2 Å². The lowest BCUT2D eigenvalue weighted by Gasteiger charge is -2.13. The fraction of sp³-hybridized carbons (Fsp3) is 0.333. The molecule has 0 unspecified atom stereocenters. The van der Waals surface area contributed by atoms with E-state index in [0.717, 1.165) is 32.1 Å². The van der Waals surface area contributed by atoms with E-state index in [4.69, 9.17) is 4.74 Å². The summed E-state index contributed by atoms with van der Waals surface area (Å²) in [5.41, 5.74) is 4.44. The van der Waals surface area contributed by atoms with Crippen LogP contribution in [0.3, 0.4) is 0 Å². The van der Waals surface area contributed by atoms with Crippen LogP contribution >= 0.6 is 11.3 Å². The molecule has 0 bridgehead atoms. The van der Waals surface area contributed by atoms with Crippen molar-refractivity contribution >= 4 is 28.9 Å². The molecule has 1 N–H and O–H groups in total. The minimum atomic E-state index is -0.459. The van der Waals surface area contributed by atoms with Crippen molar-refractivity contribution in [3.8, 4) is 0 Å². The van der Waals surface area contributed by atoms with E-state index < -0.39 is 5.97 Å². The number of esters is 1. The minimum Gasteiger partial charge on any atom is -0.452 e. The first-order valence-corrected chi connectivity index (χ1v) is 8.21. The molecule has 0 saturated heterocycles. The van der Waals surface area contributed by atoms with Crippen molar-refractivity contribution in [1.29, 1.82) is 0 Å². The normalized spacial score (nSPS) is 10.5. The highest BCUT2D eigenvalue weighted by molar-refractivity contribution is 7.12. The Kier molecular flexibility index (Phi) is 5.21. The number of anilines is 1. The third-order valence-corrected chi connectivity index (χ3v) is 4.50. The molecule has 0 aliphatic carbocycles. The Bertz CT molecular complexity index is 739. The number of hydrogen-bond acceptors (Lipinski definition) is 4. The fourth-order valence-corrected chi connectivity index (χ4v) is 3.51. The average Bonchev–Trinajstić information content (AvgIpc) is 2.79. The zero-order valence-electron chi connectivity index (χ0n) is 14.1. The second kappa shape index (κ2) is 6.96. The van der Waals surface area contributed by atoms with Gasteiger partial charge in [-0.3, -0.25) is 4.79 Å². The third kappa shape index (κ3) is 4.20. The zero-order chi connectivity index (χ0) is 17.1. The van der Waals surface area contributed by atoms with Gasteiger partial charge in [0.05, 0.1) is 5.56 Å². The lowest BCUT2D eigenvalue weighted by molar-refractivity contribution is -0.119. The molecule has 4 nitrogen and oxygen atoms in total. The molecule has 0 spiro atoms. The van der Waals surface area contributed by atoms with Gasteiger partial charge in [0.2, 0.25) is 0 Å². The highest BCUT2D eigenvalue weighted by Crippen LogP contribution is 2.23. The molecule has 0 aliphatic heterocycles. The molecule has 0 atom stereocenters. The molecule has 0 aliphatic rings. The average molecular weight is 331 g/mol. The highest BCUT2D eigenvalue weighted by atomic mass is 32.1. The monoisotopic (exact) mass is 331 g/mol. The number of carbonyl (C=O) groups is 2. The fourth-order valence-electron chi connectivity index (χ4n) is 2.60. The number of benzene rings is 1. The number of aryl methyl sites for hydroxylation is 5. The summed E-state index contributed by atoms with van der Waals surface area (Å²) < 4.78 is 5.12. The summed E-state index contributed by atoms with van der Waals surface area (Å²) in [6.07, 6.45) is 0. The zero-order valence-corrected chi connectivity index (χ0v) is 14.9. The van der Waals surface area contributed by atoms with Gasteiger partial charge in [0.1, 0.15) is 0 Å². The standard InChI is InChI=1S/C18H21NO3S/c1-10-6-11(2)17(12(3)7-10)19-16(20)9-22-18(21)15-8-13(4)23-14(15)5/h6-8H,9H2,1-5H3,(H,19,20). The van der Waals surface area contributed by atoms with Crippen molar-refractivity contribution < 1.29 is 14.3 Å². The number of nitrogens with one attached hydrogen (secondary N) is 1. The Hall–Kier alpha value is -2.14. The summed E-state index contributed by atoms with van der Waals surface area (Å²) in [7, 11) is 0. The van der Waals surface area contributed by atoms with Crippen LogP contribution in [-0.4, -0.2) is 18.5 Å². The van der Waals surface area contributed by atoms with E-state index in [1.807, 2.05) is 46.8 Å². The van der Waals surface area contributed by atoms with E-state index in [1.54, 1.807) is 6.07 Å². The van der Waals surface area contributed by atoms with E-state index in [1.165, 1.54) is 11.3 Å². The van der Waals surface area contributed by atoms with Crippen LogP contribution in [0.2, 0.25) is 0 Å². The van der Waals surface area contributed by atoms with Gasteiger partial charge in [-0.1, -0.05) is 17.7 Å². The van der Waals surface area contributed by atoms with Crippen LogP contribution in [0.1, 0.15) is 36.8 Å². The number of ether oxygens (including phenoxy) is 1. The first-order chi connectivity index (χ1) is 10.8. The maximum Gasteiger partial charge on any atom is 0.339 e. The second-order valence-electron chi connectivity index (χ2n) is 5.72. The Balaban J connectivity index is 1.98. The predicted octanol–water partition coefficient (Wildman–Crippen LogP) is 4.09. The Labute approximate surface area is 140 Å². The molecule has 2 aromatic rings. The predicted molar refractivity (Wildman–Crippen MR) is 93.4 cm³/mol. The van der Waals surface area contributed by atoms with Crippen LogP contribution in [0.5, 0.6) is 0 Å². The summed E-state index contributed by atoms with van der Waals surface area (Å²) in [5, 5.41) is 2.82. The van der Waals surface area contributed by atoms with Crippen LogP contribution in [0.15, 0.2) is 18.2 Å². The molecule has 122 valence electrons. The number of thiophene rings is 1. The summed E-state index contributed by atoms with van der Waals surface area (Å²) in [4.78, 5) is 26.0. The van der Waals surface area contributed by atoms with Crippen molar-refractivity contribution in [2.75, 3.05) is 11.9 Å². The topological polar surface area (TPSA) is 55.4 Å². The summed E-state index contributed by atoms with van der Waals surface area (Å²) >= 11 is 1.54. The van der Waals surface area contributed by atoms with Crippen LogP contribution in [0.4, 0.5) is 5.69 Å². The number of carbonyl (C=O) groups excluding carboxylic acids is 2. The molecule has 0 radical (unpaired) electrons. The van der Waals surface area contributed by atoms with Gasteiger partial charge in [0, 0.05) is 15.4 Å². The van der Waals surface area contributed by atoms with Crippen molar-refractivity contribution in [1.82, 2.24) is 0 Å². The van der Waals surface area contributed by atoms with Crippen LogP contribution < -0.4 is 5.32 Å². The van der Waals surface area contributed by atoms with Crippen LogP contribution in [-0.2, 0) is 9.53 Å². The molecule has 1 heterocycles. The van der Waals surface area contributed by atoms with E-state index in [2.05, 4.69) is 5.32 Å². The van der Waals surface area contributed by atoms with Gasteiger partial charge >= 0.3 is 5.97 Å². The molecule has 0 saturated carbocycles. The van der Waals surface area contributed by atoms with E-state index in [-0.39, 0.29) is 12.5 Å². The molecule has 23 heavy (non-hydrogen) atoms. The molecule has 2 rings (SSSR count). The Morgan fingerprint density at radius 3 is 2.17 bits per heavy atom. The smallest absolute Gasteiger partial charge is 0.339 e. The van der Waals surface area contributed by atoms with E-state index >= 15 is 0 Å². The first-order valence-electron chi connectivity index (χ1n) is 7.39. The van der Waals surface area contributed by atoms with Crippen molar-refractivity contribution in [3.63, 3.8) is 0 Å². The number of amides is 1. The molecule has 1 amide bonds. The maximum atomic E-state index is 12.0. The molecule has 5 heteroatoms. The van der Waals surface area contributed by atoms with Crippen LogP contribution in [0, 0.1) is 34.6 Å². The molecule has 1 aromatic carbocycles. The highest BCUT2D eigenvalue weighted by Gasteiger charge is 2.15. The number of hydrogen-bond donors (Lipinski definition) is 1. The third-order valence-electron chi connectivity index (χ3n) is 3.54. The first kappa shape index (κ1) is 17.2. The summed E-state index contributed by atoms with van der Waals surface area (Å²) in [6.45, 7) is 9.41. The number of rotatable bonds is 4. The summed E-state index contributed by atoms with van der Waals surface area (Å²) in [6, 6.07) is 5.80. The van der Waals surface area contributed by atoms with Crippen molar-refractivity contribution in [2.24, 2.45) is 0 Å². The molecular weight excluding hydrogens is 310 g/mol. The lowest BCUT2D eigenvalue weighted by Crippen LogP contribution is -2.22. The van der Waals surface area contributed by atoms with Gasteiger partial charge < -0.3 is 10.1 Å².